The normalized spacial score (nSPS) is 9.81. The van der Waals surface area contributed by atoms with Crippen LogP contribution in [0.15, 0.2) is 0 Å². The zero-order valence-corrected chi connectivity index (χ0v) is 9.93. The van der Waals surface area contributed by atoms with Crippen LogP contribution in [0.2, 0.25) is 0 Å². The molecule has 0 unspecified atom stereocenters. The number of aliphatic carboxylic acids is 1. The first-order valence-corrected chi connectivity index (χ1v) is 6.20. The van der Waals surface area contributed by atoms with E-state index in [4.69, 9.17) is 5.11 Å². The molecule has 0 aromatic rings. The summed E-state index contributed by atoms with van der Waals surface area (Å²) < 4.78 is 0. The van der Waals surface area contributed by atoms with Gasteiger partial charge in [0.05, 0.1) is 6.42 Å². The minimum absolute atomic E-state index is 0. The average molecular weight is 239 g/mol. The molecule has 0 aromatic carbocycles. The van der Waals surface area contributed by atoms with Crippen molar-refractivity contribution in [2.24, 2.45) is 0 Å². The van der Waals surface area contributed by atoms with Crippen LogP contribution in [0.1, 0.15) is 58.3 Å². The number of carboxylic acids is 1. The van der Waals surface area contributed by atoms with Crippen molar-refractivity contribution in [3.05, 3.63) is 0 Å². The SMILES string of the molecule is CCCCCCCCCNCCC(=O)O.[NaH]. The fourth-order valence-electron chi connectivity index (χ4n) is 1.53. The Bertz CT molecular complexity index is 154. The molecular weight excluding hydrogens is 213 g/mol. The zero-order valence-electron chi connectivity index (χ0n) is 9.93. The monoisotopic (exact) mass is 239 g/mol. The summed E-state index contributed by atoms with van der Waals surface area (Å²) in [5.74, 6) is -0.720. The van der Waals surface area contributed by atoms with Crippen LogP contribution < -0.4 is 5.32 Å². The van der Waals surface area contributed by atoms with Crippen molar-refractivity contribution in [1.29, 1.82) is 0 Å². The van der Waals surface area contributed by atoms with Gasteiger partial charge in [-0.1, -0.05) is 45.4 Å². The maximum absolute atomic E-state index is 10.2. The topological polar surface area (TPSA) is 49.3 Å². The Morgan fingerprint density at radius 3 is 2.12 bits per heavy atom. The van der Waals surface area contributed by atoms with Gasteiger partial charge in [-0.15, -0.1) is 0 Å². The van der Waals surface area contributed by atoms with Crippen LogP contribution in [0, 0.1) is 0 Å². The molecule has 92 valence electrons. The second-order valence-electron chi connectivity index (χ2n) is 4.02. The molecule has 0 aliphatic heterocycles. The molecule has 0 heterocycles. The molecule has 4 heteroatoms. The van der Waals surface area contributed by atoms with E-state index in [0.717, 1.165) is 6.54 Å². The number of nitrogens with one attached hydrogen (secondary N) is 1. The van der Waals surface area contributed by atoms with Crippen LogP contribution in [0.25, 0.3) is 0 Å². The molecule has 0 amide bonds. The molecule has 0 rings (SSSR count). The van der Waals surface area contributed by atoms with E-state index in [-0.39, 0.29) is 36.0 Å². The molecule has 0 atom stereocenters. The first kappa shape index (κ1) is 18.8. The summed E-state index contributed by atoms with van der Waals surface area (Å²) >= 11 is 0. The Morgan fingerprint density at radius 2 is 1.56 bits per heavy atom. The van der Waals surface area contributed by atoms with Gasteiger partial charge in [0.1, 0.15) is 0 Å². The Hall–Kier alpha value is 0.430. The molecule has 0 radical (unpaired) electrons. The van der Waals surface area contributed by atoms with Crippen molar-refractivity contribution in [1.82, 2.24) is 5.32 Å². The van der Waals surface area contributed by atoms with Gasteiger partial charge in [-0.2, -0.15) is 0 Å². The predicted molar refractivity (Wildman–Crippen MR) is 70.3 cm³/mol. The third-order valence-corrected chi connectivity index (χ3v) is 2.47. The second-order valence-corrected chi connectivity index (χ2v) is 4.02. The Morgan fingerprint density at radius 1 is 1.00 bits per heavy atom. The molecule has 0 aliphatic rings. The quantitative estimate of drug-likeness (QED) is 0.429. The standard InChI is InChI=1S/C12H25NO2.Na.H/c1-2-3-4-5-6-7-8-10-13-11-9-12(14)15;;/h13H,2-11H2,1H3,(H,14,15);;. The summed E-state index contributed by atoms with van der Waals surface area (Å²) in [5.41, 5.74) is 0. The average Bonchev–Trinajstić information content (AvgIpc) is 2.20. The molecule has 2 N–H and O–H groups in total. The van der Waals surface area contributed by atoms with Gasteiger partial charge in [-0.3, -0.25) is 4.79 Å². The van der Waals surface area contributed by atoms with Gasteiger partial charge < -0.3 is 10.4 Å². The third-order valence-electron chi connectivity index (χ3n) is 2.47. The molecule has 0 spiro atoms. The Kier molecular flexibility index (Phi) is 18.1. The summed E-state index contributed by atoms with van der Waals surface area (Å²) in [5, 5.41) is 11.5. The van der Waals surface area contributed by atoms with Crippen molar-refractivity contribution in [2.45, 2.75) is 58.3 Å². The first-order chi connectivity index (χ1) is 7.27. The molecule has 0 saturated heterocycles. The van der Waals surface area contributed by atoms with E-state index >= 15 is 0 Å². The van der Waals surface area contributed by atoms with Crippen LogP contribution in [0.3, 0.4) is 0 Å². The maximum atomic E-state index is 10.2. The van der Waals surface area contributed by atoms with Gasteiger partial charge in [0.15, 0.2) is 0 Å². The fraction of sp³-hybridized carbons (Fsp3) is 0.917. The summed E-state index contributed by atoms with van der Waals surface area (Å²) in [4.78, 5) is 10.2. The van der Waals surface area contributed by atoms with Crippen LogP contribution in [0.5, 0.6) is 0 Å². The van der Waals surface area contributed by atoms with Crippen molar-refractivity contribution in [2.75, 3.05) is 13.1 Å². The van der Waals surface area contributed by atoms with Crippen LogP contribution in [-0.4, -0.2) is 53.7 Å². The van der Waals surface area contributed by atoms with Gasteiger partial charge in [0.2, 0.25) is 0 Å². The van der Waals surface area contributed by atoms with Gasteiger partial charge in [-0.25, -0.2) is 0 Å². The van der Waals surface area contributed by atoms with E-state index in [1.165, 1.54) is 44.9 Å². The number of carbonyl (C=O) groups is 1. The van der Waals surface area contributed by atoms with Gasteiger partial charge in [0.25, 0.3) is 0 Å². The predicted octanol–water partition coefficient (Wildman–Crippen LogP) is 2.15. The third kappa shape index (κ3) is 16.8. The number of rotatable bonds is 11. The van der Waals surface area contributed by atoms with Crippen molar-refractivity contribution < 1.29 is 9.90 Å². The van der Waals surface area contributed by atoms with Crippen LogP contribution in [0.4, 0.5) is 0 Å². The van der Waals surface area contributed by atoms with E-state index in [0.29, 0.717) is 6.54 Å². The van der Waals surface area contributed by atoms with Crippen molar-refractivity contribution in [3.8, 4) is 0 Å². The molecular formula is C12H26NNaO2. The Balaban J connectivity index is 0. The van der Waals surface area contributed by atoms with Gasteiger partial charge >= 0.3 is 35.5 Å². The first-order valence-electron chi connectivity index (χ1n) is 6.20. The minimum atomic E-state index is -0.720. The molecule has 0 fully saturated rings. The van der Waals surface area contributed by atoms with E-state index in [2.05, 4.69) is 12.2 Å². The Labute approximate surface area is 122 Å². The molecule has 3 nitrogen and oxygen atoms in total. The number of hydrogen-bond acceptors (Lipinski definition) is 2. The van der Waals surface area contributed by atoms with E-state index in [1.807, 2.05) is 0 Å². The summed E-state index contributed by atoms with van der Waals surface area (Å²) in [6, 6.07) is 0. The van der Waals surface area contributed by atoms with Crippen LogP contribution in [-0.2, 0) is 4.79 Å². The summed E-state index contributed by atoms with van der Waals surface area (Å²) in [7, 11) is 0. The summed E-state index contributed by atoms with van der Waals surface area (Å²) in [6.45, 7) is 3.79. The number of hydrogen-bond donors (Lipinski definition) is 2. The second kappa shape index (κ2) is 15.4. The number of carboxylic acid groups (broad SMARTS) is 1. The fourth-order valence-corrected chi connectivity index (χ4v) is 1.53. The van der Waals surface area contributed by atoms with E-state index < -0.39 is 5.97 Å². The molecule has 0 aliphatic carbocycles. The number of unbranched alkanes of at least 4 members (excludes halogenated alkanes) is 6. The van der Waals surface area contributed by atoms with E-state index in [9.17, 15) is 4.79 Å². The van der Waals surface area contributed by atoms with Crippen molar-refractivity contribution >= 4 is 35.5 Å². The molecule has 16 heavy (non-hydrogen) atoms. The molecule has 0 aromatic heterocycles. The molecule has 0 saturated carbocycles. The van der Waals surface area contributed by atoms with Gasteiger partial charge in [-0.05, 0) is 13.0 Å². The van der Waals surface area contributed by atoms with Crippen LogP contribution >= 0.6 is 0 Å². The van der Waals surface area contributed by atoms with Crippen molar-refractivity contribution in [3.63, 3.8) is 0 Å². The van der Waals surface area contributed by atoms with E-state index in [1.54, 1.807) is 0 Å². The molecule has 0 bridgehead atoms. The van der Waals surface area contributed by atoms with Gasteiger partial charge in [0, 0.05) is 6.54 Å². The zero-order chi connectivity index (χ0) is 11.4. The summed E-state index contributed by atoms with van der Waals surface area (Å²) in [6.07, 6.45) is 9.37.